The molecule has 0 aliphatic rings. The molecular formula is C35H35ClF3N3O4S. The molecule has 4 aromatic carbocycles. The maximum Gasteiger partial charge on any atom is 0.416 e. The average Bonchev–Trinajstić information content (AvgIpc) is 3.02. The van der Waals surface area contributed by atoms with E-state index in [0.29, 0.717) is 15.9 Å². The largest absolute Gasteiger partial charge is 0.416 e. The minimum absolute atomic E-state index is 0.0842. The zero-order valence-corrected chi connectivity index (χ0v) is 27.6. The van der Waals surface area contributed by atoms with Gasteiger partial charge < -0.3 is 10.2 Å². The van der Waals surface area contributed by atoms with Crippen LogP contribution >= 0.6 is 11.6 Å². The summed E-state index contributed by atoms with van der Waals surface area (Å²) in [4.78, 5) is 29.3. The Bertz CT molecular complexity index is 1800. The highest BCUT2D eigenvalue weighted by Gasteiger charge is 2.37. The number of hydrogen-bond acceptors (Lipinski definition) is 4. The predicted octanol–water partition coefficient (Wildman–Crippen LogP) is 7.03. The number of alkyl halides is 3. The van der Waals surface area contributed by atoms with Gasteiger partial charge in [-0.25, -0.2) is 8.42 Å². The van der Waals surface area contributed by atoms with Crippen LogP contribution in [-0.4, -0.2) is 43.8 Å². The zero-order valence-electron chi connectivity index (χ0n) is 26.0. The Morgan fingerprint density at radius 3 is 2.06 bits per heavy atom. The van der Waals surface area contributed by atoms with Crippen molar-refractivity contribution in [2.24, 2.45) is 0 Å². The van der Waals surface area contributed by atoms with Crippen molar-refractivity contribution < 1.29 is 31.2 Å². The van der Waals surface area contributed by atoms with Crippen LogP contribution < -0.4 is 9.62 Å². The van der Waals surface area contributed by atoms with Crippen LogP contribution in [0.15, 0.2) is 108 Å². The van der Waals surface area contributed by atoms with E-state index in [1.165, 1.54) is 29.2 Å². The number of anilines is 1. The molecule has 0 radical (unpaired) electrons. The Morgan fingerprint density at radius 1 is 0.851 bits per heavy atom. The van der Waals surface area contributed by atoms with Crippen molar-refractivity contribution in [3.05, 3.63) is 130 Å². The Morgan fingerprint density at radius 2 is 1.47 bits per heavy atom. The van der Waals surface area contributed by atoms with Crippen LogP contribution in [0, 0.1) is 6.92 Å². The van der Waals surface area contributed by atoms with E-state index in [9.17, 15) is 31.2 Å². The first-order valence-corrected chi connectivity index (χ1v) is 16.6. The molecule has 2 amide bonds. The number of rotatable bonds is 12. The third-order valence-electron chi connectivity index (χ3n) is 7.29. The van der Waals surface area contributed by atoms with Gasteiger partial charge in [0.15, 0.2) is 0 Å². The zero-order chi connectivity index (χ0) is 34.4. The van der Waals surface area contributed by atoms with Crippen LogP contribution in [0.3, 0.4) is 0 Å². The second-order valence-electron chi connectivity index (χ2n) is 11.4. The van der Waals surface area contributed by atoms with Gasteiger partial charge in [0.1, 0.15) is 12.6 Å². The topological polar surface area (TPSA) is 86.8 Å². The lowest BCUT2D eigenvalue weighted by molar-refractivity contribution is -0.140. The normalized spacial score (nSPS) is 12.4. The van der Waals surface area contributed by atoms with Gasteiger partial charge in [-0.1, -0.05) is 90.0 Å². The van der Waals surface area contributed by atoms with Crippen LogP contribution in [0.2, 0.25) is 5.02 Å². The molecular weight excluding hydrogens is 651 g/mol. The lowest BCUT2D eigenvalue weighted by Crippen LogP contribution is -2.54. The van der Waals surface area contributed by atoms with Crippen molar-refractivity contribution in [3.8, 4) is 0 Å². The summed E-state index contributed by atoms with van der Waals surface area (Å²) in [5.74, 6) is -1.29. The van der Waals surface area contributed by atoms with Crippen LogP contribution in [0.4, 0.5) is 18.9 Å². The summed E-state index contributed by atoms with van der Waals surface area (Å²) in [6.07, 6.45) is -4.73. The molecule has 0 aliphatic heterocycles. The van der Waals surface area contributed by atoms with Gasteiger partial charge in [-0.3, -0.25) is 13.9 Å². The Labute approximate surface area is 278 Å². The molecule has 0 aliphatic carbocycles. The van der Waals surface area contributed by atoms with Gasteiger partial charge in [-0.05, 0) is 62.2 Å². The molecule has 1 N–H and O–H groups in total. The summed E-state index contributed by atoms with van der Waals surface area (Å²) in [5, 5.41) is 2.55. The summed E-state index contributed by atoms with van der Waals surface area (Å²) < 4.78 is 70.2. The number of hydrogen-bond donors (Lipinski definition) is 1. The quantitative estimate of drug-likeness (QED) is 0.174. The molecule has 0 saturated heterocycles. The van der Waals surface area contributed by atoms with Crippen LogP contribution in [0.5, 0.6) is 0 Å². The molecule has 0 spiro atoms. The second kappa shape index (κ2) is 15.0. The SMILES string of the molecule is Cc1cccc(CN(C(=O)CN(c2cc(C(F)(F)F)ccc2Cl)S(=O)(=O)c2ccccc2)C(Cc2ccccc2)C(=O)NC(C)C)c1. The number of carbonyl (C=O) groups is 2. The fraction of sp³-hybridized carbons (Fsp3) is 0.257. The molecule has 7 nitrogen and oxygen atoms in total. The molecule has 1 unspecified atom stereocenters. The highest BCUT2D eigenvalue weighted by Crippen LogP contribution is 2.37. The van der Waals surface area contributed by atoms with Crippen molar-refractivity contribution in [2.75, 3.05) is 10.8 Å². The summed E-state index contributed by atoms with van der Waals surface area (Å²) >= 11 is 6.36. The molecule has 0 bridgehead atoms. The van der Waals surface area contributed by atoms with Crippen LogP contribution in [0.1, 0.15) is 36.1 Å². The van der Waals surface area contributed by atoms with Crippen molar-refractivity contribution in [2.45, 2.75) is 56.9 Å². The predicted molar refractivity (Wildman–Crippen MR) is 176 cm³/mol. The van der Waals surface area contributed by atoms with Gasteiger partial charge in [0, 0.05) is 19.0 Å². The monoisotopic (exact) mass is 685 g/mol. The highest BCUT2D eigenvalue weighted by atomic mass is 35.5. The van der Waals surface area contributed by atoms with E-state index >= 15 is 0 Å². The number of amides is 2. The van der Waals surface area contributed by atoms with E-state index in [2.05, 4.69) is 5.32 Å². The maximum absolute atomic E-state index is 14.5. The molecule has 4 aromatic rings. The lowest BCUT2D eigenvalue weighted by atomic mass is 10.0. The van der Waals surface area contributed by atoms with Crippen molar-refractivity contribution >= 4 is 39.1 Å². The van der Waals surface area contributed by atoms with E-state index < -0.39 is 51.9 Å². The van der Waals surface area contributed by atoms with Gasteiger partial charge in [0.25, 0.3) is 10.0 Å². The maximum atomic E-state index is 14.5. The Hall–Kier alpha value is -4.35. The van der Waals surface area contributed by atoms with E-state index in [4.69, 9.17) is 11.6 Å². The molecule has 0 fully saturated rings. The first-order valence-electron chi connectivity index (χ1n) is 14.8. The van der Waals surface area contributed by atoms with Gasteiger partial charge in [-0.15, -0.1) is 0 Å². The van der Waals surface area contributed by atoms with Gasteiger partial charge >= 0.3 is 6.18 Å². The molecule has 12 heteroatoms. The van der Waals surface area contributed by atoms with Crippen LogP contribution in [0.25, 0.3) is 0 Å². The molecule has 0 heterocycles. The van der Waals surface area contributed by atoms with Crippen molar-refractivity contribution in [3.63, 3.8) is 0 Å². The number of carbonyl (C=O) groups excluding carboxylic acids is 2. The van der Waals surface area contributed by atoms with Crippen LogP contribution in [-0.2, 0) is 38.8 Å². The summed E-state index contributed by atoms with van der Waals surface area (Å²) in [7, 11) is -4.64. The summed E-state index contributed by atoms with van der Waals surface area (Å²) in [6.45, 7) is 4.39. The molecule has 1 atom stereocenters. The standard InChI is InChI=1S/C35H35ClF3N3O4S/c1-24(2)40-34(44)32(20-26-12-6-4-7-13-26)41(22-27-14-10-11-25(3)19-27)33(43)23-42(47(45,46)29-15-8-5-9-16-29)31-21-28(35(37,38)39)17-18-30(31)36/h4-19,21,24,32H,20,22-23H2,1-3H3,(H,40,44). The second-order valence-corrected chi connectivity index (χ2v) is 13.6. The van der Waals surface area contributed by atoms with Crippen molar-refractivity contribution in [1.82, 2.24) is 10.2 Å². The fourth-order valence-electron chi connectivity index (χ4n) is 5.05. The average molecular weight is 686 g/mol. The molecule has 0 saturated carbocycles. The highest BCUT2D eigenvalue weighted by molar-refractivity contribution is 7.92. The number of nitrogens with one attached hydrogen (secondary N) is 1. The number of halogens is 4. The molecule has 47 heavy (non-hydrogen) atoms. The minimum Gasteiger partial charge on any atom is -0.352 e. The van der Waals surface area contributed by atoms with Gasteiger partial charge in [0.05, 0.1) is 21.2 Å². The lowest BCUT2D eigenvalue weighted by Gasteiger charge is -2.34. The minimum atomic E-state index is -4.82. The summed E-state index contributed by atoms with van der Waals surface area (Å²) in [5.41, 5.74) is 0.634. The molecule has 248 valence electrons. The Balaban J connectivity index is 1.87. The third kappa shape index (κ3) is 9.14. The fourth-order valence-corrected chi connectivity index (χ4v) is 6.77. The number of aryl methyl sites for hydroxylation is 1. The smallest absolute Gasteiger partial charge is 0.352 e. The molecule has 4 rings (SSSR count). The van der Waals surface area contributed by atoms with E-state index in [0.717, 1.165) is 23.3 Å². The van der Waals surface area contributed by atoms with Gasteiger partial charge in [0.2, 0.25) is 11.8 Å². The Kier molecular flexibility index (Phi) is 11.4. The van der Waals surface area contributed by atoms with Gasteiger partial charge in [-0.2, -0.15) is 13.2 Å². The number of sulfonamides is 1. The number of nitrogens with zero attached hydrogens (tertiary/aromatic N) is 2. The van der Waals surface area contributed by atoms with E-state index in [1.807, 2.05) is 25.1 Å². The third-order valence-corrected chi connectivity index (χ3v) is 9.38. The van der Waals surface area contributed by atoms with E-state index in [-0.39, 0.29) is 28.9 Å². The summed E-state index contributed by atoms with van der Waals surface area (Å²) in [6, 6.07) is 24.2. The van der Waals surface area contributed by atoms with E-state index in [1.54, 1.807) is 56.3 Å². The first kappa shape index (κ1) is 35.5. The van der Waals surface area contributed by atoms with Crippen molar-refractivity contribution in [1.29, 1.82) is 0 Å². The molecule has 0 aromatic heterocycles. The number of benzene rings is 4. The first-order chi connectivity index (χ1) is 22.2.